The van der Waals surface area contributed by atoms with Crippen LogP contribution in [0.5, 0.6) is 0 Å². The van der Waals surface area contributed by atoms with Gasteiger partial charge in [-0.15, -0.1) is 0 Å². The third-order valence-corrected chi connectivity index (χ3v) is 1.09. The molecule has 4 heteroatoms. The first-order valence-electron chi connectivity index (χ1n) is 3.88. The quantitative estimate of drug-likeness (QED) is 0.249. The summed E-state index contributed by atoms with van der Waals surface area (Å²) in [5.74, 6) is 0. The van der Waals surface area contributed by atoms with Crippen molar-refractivity contribution >= 4 is 0 Å². The average molecular weight is 175 g/mol. The van der Waals surface area contributed by atoms with E-state index in [2.05, 4.69) is 11.9 Å². The fourth-order valence-corrected chi connectivity index (χ4v) is 0.563. The topological polar surface area (TPSA) is 50.7 Å². The van der Waals surface area contributed by atoms with Gasteiger partial charge in [-0.1, -0.05) is 12.2 Å². The molecule has 1 unspecified atom stereocenters. The summed E-state index contributed by atoms with van der Waals surface area (Å²) in [5.41, 5.74) is 0.887. The van der Waals surface area contributed by atoms with Gasteiger partial charge in [0, 0.05) is 6.54 Å². The second-order valence-electron chi connectivity index (χ2n) is 2.72. The zero-order chi connectivity index (χ0) is 9.40. The minimum absolute atomic E-state index is 0.175. The maximum Gasteiger partial charge on any atom is 0.109 e. The van der Waals surface area contributed by atoms with E-state index in [9.17, 15) is 0 Å². The van der Waals surface area contributed by atoms with E-state index in [0.29, 0.717) is 13.2 Å². The first kappa shape index (κ1) is 11.6. The van der Waals surface area contributed by atoms with Crippen molar-refractivity contribution in [1.29, 1.82) is 0 Å². The summed E-state index contributed by atoms with van der Waals surface area (Å²) >= 11 is 0. The highest BCUT2D eigenvalue weighted by Crippen LogP contribution is 1.90. The molecule has 0 aliphatic rings. The Labute approximate surface area is 73.1 Å². The summed E-state index contributed by atoms with van der Waals surface area (Å²) in [4.78, 5) is 9.43. The van der Waals surface area contributed by atoms with Gasteiger partial charge in [0.15, 0.2) is 0 Å². The van der Waals surface area contributed by atoms with Crippen LogP contribution in [-0.2, 0) is 9.78 Å². The van der Waals surface area contributed by atoms with E-state index in [1.54, 1.807) is 7.05 Å². The molecule has 1 atom stereocenters. The van der Waals surface area contributed by atoms with Crippen LogP contribution in [0, 0.1) is 0 Å². The van der Waals surface area contributed by atoms with E-state index in [-0.39, 0.29) is 6.61 Å². The lowest BCUT2D eigenvalue weighted by Crippen LogP contribution is -2.28. The van der Waals surface area contributed by atoms with Gasteiger partial charge in [0.25, 0.3) is 0 Å². The number of hydrogen-bond acceptors (Lipinski definition) is 4. The molecule has 0 heterocycles. The molecule has 12 heavy (non-hydrogen) atoms. The van der Waals surface area contributed by atoms with Crippen LogP contribution in [0.2, 0.25) is 0 Å². The van der Waals surface area contributed by atoms with Crippen LogP contribution in [-0.4, -0.2) is 38.0 Å². The third-order valence-electron chi connectivity index (χ3n) is 1.09. The molecule has 0 aromatic carbocycles. The van der Waals surface area contributed by atoms with Crippen LogP contribution in [0.1, 0.15) is 6.92 Å². The normalized spacial score (nSPS) is 12.9. The van der Waals surface area contributed by atoms with Crippen molar-refractivity contribution in [3.8, 4) is 0 Å². The van der Waals surface area contributed by atoms with Crippen molar-refractivity contribution in [3.05, 3.63) is 12.2 Å². The lowest BCUT2D eigenvalue weighted by Gasteiger charge is -2.09. The Morgan fingerprint density at radius 2 is 2.25 bits per heavy atom. The number of hydrogen-bond donors (Lipinski definition) is 2. The Balaban J connectivity index is 3.13. The molecule has 0 aromatic heterocycles. The van der Waals surface area contributed by atoms with E-state index < -0.39 is 6.10 Å². The number of nitrogens with one attached hydrogen (secondary N) is 1. The molecule has 0 saturated heterocycles. The molecule has 0 radical (unpaired) electrons. The maximum absolute atomic E-state index is 9.12. The number of rotatable bonds is 7. The second-order valence-corrected chi connectivity index (χ2v) is 2.72. The molecule has 0 fully saturated rings. The summed E-state index contributed by atoms with van der Waals surface area (Å²) in [7, 11) is 1.76. The fourth-order valence-electron chi connectivity index (χ4n) is 0.563. The van der Waals surface area contributed by atoms with E-state index in [0.717, 1.165) is 5.57 Å². The Hall–Kier alpha value is -0.420. The molecule has 0 amide bonds. The van der Waals surface area contributed by atoms with Gasteiger partial charge in [-0.05, 0) is 14.0 Å². The molecule has 0 aliphatic carbocycles. The number of likely N-dealkylation sites (N-methyl/N-ethyl adjacent to an activating group) is 1. The summed E-state index contributed by atoms with van der Waals surface area (Å²) in [6.45, 7) is 6.51. The second kappa shape index (κ2) is 7.24. The highest BCUT2D eigenvalue weighted by atomic mass is 17.2. The molecular formula is C8H17NO3. The van der Waals surface area contributed by atoms with Gasteiger partial charge in [0.05, 0.1) is 6.10 Å². The van der Waals surface area contributed by atoms with Crippen LogP contribution in [0.15, 0.2) is 12.2 Å². The van der Waals surface area contributed by atoms with E-state index in [1.807, 2.05) is 6.92 Å². The lowest BCUT2D eigenvalue weighted by molar-refractivity contribution is -0.298. The zero-order valence-electron chi connectivity index (χ0n) is 7.67. The van der Waals surface area contributed by atoms with Crippen molar-refractivity contribution in [3.63, 3.8) is 0 Å². The first-order chi connectivity index (χ1) is 5.66. The minimum Gasteiger partial charge on any atom is -0.389 e. The Morgan fingerprint density at radius 1 is 1.58 bits per heavy atom. The molecule has 2 N–H and O–H groups in total. The molecule has 4 nitrogen and oxygen atoms in total. The highest BCUT2D eigenvalue weighted by molar-refractivity contribution is 4.86. The standard InChI is InChI=1S/C8H17NO3/c1-7(2)5-11-12-6-8(10)4-9-3/h8-10H,1,4-6H2,2-3H3. The number of aliphatic hydroxyl groups excluding tert-OH is 1. The van der Waals surface area contributed by atoms with Crippen LogP contribution in [0.4, 0.5) is 0 Å². The van der Waals surface area contributed by atoms with Gasteiger partial charge in [-0.3, -0.25) is 0 Å². The van der Waals surface area contributed by atoms with Crippen molar-refractivity contribution in [2.45, 2.75) is 13.0 Å². The first-order valence-corrected chi connectivity index (χ1v) is 3.88. The third kappa shape index (κ3) is 7.68. The Kier molecular flexibility index (Phi) is 6.99. The average Bonchev–Trinajstić information content (AvgIpc) is 1.98. The smallest absolute Gasteiger partial charge is 0.109 e. The maximum atomic E-state index is 9.12. The highest BCUT2D eigenvalue weighted by Gasteiger charge is 2.02. The van der Waals surface area contributed by atoms with E-state index in [4.69, 9.17) is 14.9 Å². The summed E-state index contributed by atoms with van der Waals surface area (Å²) < 4.78 is 0. The van der Waals surface area contributed by atoms with Crippen LogP contribution in [0.3, 0.4) is 0 Å². The zero-order valence-corrected chi connectivity index (χ0v) is 7.67. The Bertz CT molecular complexity index is 127. The lowest BCUT2D eigenvalue weighted by atomic mass is 10.4. The molecule has 0 aromatic rings. The van der Waals surface area contributed by atoms with Gasteiger partial charge in [-0.25, -0.2) is 9.78 Å². The van der Waals surface area contributed by atoms with Crippen LogP contribution < -0.4 is 5.32 Å². The van der Waals surface area contributed by atoms with Crippen molar-refractivity contribution in [2.24, 2.45) is 0 Å². The fraction of sp³-hybridized carbons (Fsp3) is 0.750. The molecule has 0 bridgehead atoms. The summed E-state index contributed by atoms with van der Waals surface area (Å²) in [6, 6.07) is 0. The van der Waals surface area contributed by atoms with Crippen molar-refractivity contribution < 1.29 is 14.9 Å². The monoisotopic (exact) mass is 175 g/mol. The predicted octanol–water partition coefficient (Wildman–Crippen LogP) is 0.0910. The van der Waals surface area contributed by atoms with Gasteiger partial charge in [0.2, 0.25) is 0 Å². The largest absolute Gasteiger partial charge is 0.389 e. The summed E-state index contributed by atoms with van der Waals surface area (Å²) in [6.07, 6.45) is -0.528. The van der Waals surface area contributed by atoms with Gasteiger partial charge >= 0.3 is 0 Å². The summed E-state index contributed by atoms with van der Waals surface area (Å²) in [5, 5.41) is 11.9. The molecule has 72 valence electrons. The van der Waals surface area contributed by atoms with Crippen molar-refractivity contribution in [1.82, 2.24) is 5.32 Å². The van der Waals surface area contributed by atoms with Gasteiger partial charge in [0.1, 0.15) is 13.2 Å². The predicted molar refractivity (Wildman–Crippen MR) is 46.7 cm³/mol. The minimum atomic E-state index is -0.528. The van der Waals surface area contributed by atoms with Crippen LogP contribution in [0.25, 0.3) is 0 Å². The number of aliphatic hydroxyl groups is 1. The van der Waals surface area contributed by atoms with Gasteiger partial charge < -0.3 is 10.4 Å². The molecule has 0 saturated carbocycles. The molecule has 0 rings (SSSR count). The molecule has 0 spiro atoms. The SMILES string of the molecule is C=C(C)COOCC(O)CNC. The van der Waals surface area contributed by atoms with Crippen LogP contribution >= 0.6 is 0 Å². The van der Waals surface area contributed by atoms with E-state index in [1.165, 1.54) is 0 Å². The Morgan fingerprint density at radius 3 is 2.75 bits per heavy atom. The van der Waals surface area contributed by atoms with E-state index >= 15 is 0 Å². The molecular weight excluding hydrogens is 158 g/mol. The van der Waals surface area contributed by atoms with Crippen molar-refractivity contribution in [2.75, 3.05) is 26.8 Å². The molecule has 0 aliphatic heterocycles. The van der Waals surface area contributed by atoms with Gasteiger partial charge in [-0.2, -0.15) is 0 Å².